The van der Waals surface area contributed by atoms with E-state index in [9.17, 15) is 0 Å². The first-order chi connectivity index (χ1) is 7.10. The van der Waals surface area contributed by atoms with Gasteiger partial charge < -0.3 is 15.5 Å². The third kappa shape index (κ3) is 8.85. The molecule has 15 heavy (non-hydrogen) atoms. The number of hydrogen-bond acceptors (Lipinski definition) is 3. The molecule has 0 bridgehead atoms. The number of nitrogens with two attached hydrogens (primary N) is 1. The molecule has 0 saturated carbocycles. The maximum absolute atomic E-state index is 5.56. The van der Waals surface area contributed by atoms with Crippen molar-refractivity contribution in [3.8, 4) is 0 Å². The lowest BCUT2D eigenvalue weighted by atomic mass is 10.1. The Labute approximate surface area is 95.6 Å². The summed E-state index contributed by atoms with van der Waals surface area (Å²) >= 11 is 0. The molecule has 92 valence electrons. The van der Waals surface area contributed by atoms with E-state index in [0.717, 1.165) is 25.4 Å². The van der Waals surface area contributed by atoms with Crippen LogP contribution in [0.3, 0.4) is 0 Å². The first-order valence-corrected chi connectivity index (χ1v) is 6.17. The fourth-order valence-corrected chi connectivity index (χ4v) is 1.81. The molecule has 0 heterocycles. The predicted octanol–water partition coefficient (Wildman–Crippen LogP) is 1.24. The van der Waals surface area contributed by atoms with E-state index in [4.69, 9.17) is 5.73 Å². The van der Waals surface area contributed by atoms with Crippen LogP contribution in [0.25, 0.3) is 0 Å². The van der Waals surface area contributed by atoms with Crippen molar-refractivity contribution in [2.45, 2.75) is 26.7 Å². The lowest BCUT2D eigenvalue weighted by molar-refractivity contribution is 0.231. The molecule has 0 saturated heterocycles. The summed E-state index contributed by atoms with van der Waals surface area (Å²) in [6, 6.07) is 0. The molecule has 0 aromatic carbocycles. The second-order valence-electron chi connectivity index (χ2n) is 4.73. The highest BCUT2D eigenvalue weighted by Gasteiger charge is 2.07. The van der Waals surface area contributed by atoms with Gasteiger partial charge in [-0.3, -0.25) is 0 Å². The fraction of sp³-hybridized carbons (Fsp3) is 1.00. The standard InChI is InChI=1S/C12H29N3/c1-5-15(10-6-9-14(3)4)11-12(2)7-8-13/h12H,5-11,13H2,1-4H3. The number of hydrogen-bond donors (Lipinski definition) is 1. The molecule has 0 fully saturated rings. The zero-order valence-corrected chi connectivity index (χ0v) is 11.0. The maximum Gasteiger partial charge on any atom is 0.000738 e. The third-order valence-electron chi connectivity index (χ3n) is 2.76. The highest BCUT2D eigenvalue weighted by molar-refractivity contribution is 4.62. The average Bonchev–Trinajstić information content (AvgIpc) is 2.16. The van der Waals surface area contributed by atoms with Gasteiger partial charge in [0.25, 0.3) is 0 Å². The minimum absolute atomic E-state index is 0.731. The molecule has 0 rings (SSSR count). The lowest BCUT2D eigenvalue weighted by Gasteiger charge is -2.24. The molecule has 0 aromatic rings. The third-order valence-corrected chi connectivity index (χ3v) is 2.76. The van der Waals surface area contributed by atoms with Crippen LogP contribution in [0.1, 0.15) is 26.7 Å². The van der Waals surface area contributed by atoms with Gasteiger partial charge in [0.1, 0.15) is 0 Å². The van der Waals surface area contributed by atoms with Gasteiger partial charge in [0.15, 0.2) is 0 Å². The Morgan fingerprint density at radius 2 is 1.87 bits per heavy atom. The van der Waals surface area contributed by atoms with Gasteiger partial charge in [0, 0.05) is 6.54 Å². The van der Waals surface area contributed by atoms with Crippen LogP contribution in [-0.2, 0) is 0 Å². The van der Waals surface area contributed by atoms with Crippen LogP contribution in [-0.4, -0.2) is 56.6 Å². The normalized spacial score (nSPS) is 13.8. The molecule has 0 aliphatic rings. The zero-order valence-electron chi connectivity index (χ0n) is 11.0. The average molecular weight is 215 g/mol. The van der Waals surface area contributed by atoms with Crippen LogP contribution in [0.2, 0.25) is 0 Å². The van der Waals surface area contributed by atoms with Crippen molar-refractivity contribution in [2.24, 2.45) is 11.7 Å². The van der Waals surface area contributed by atoms with E-state index >= 15 is 0 Å². The summed E-state index contributed by atoms with van der Waals surface area (Å²) in [5.74, 6) is 0.731. The monoisotopic (exact) mass is 215 g/mol. The Bertz CT molecular complexity index is 137. The first kappa shape index (κ1) is 14.9. The van der Waals surface area contributed by atoms with E-state index in [2.05, 4.69) is 37.7 Å². The molecular formula is C12H29N3. The van der Waals surface area contributed by atoms with Crippen molar-refractivity contribution in [3.63, 3.8) is 0 Å². The minimum Gasteiger partial charge on any atom is -0.330 e. The van der Waals surface area contributed by atoms with Gasteiger partial charge >= 0.3 is 0 Å². The van der Waals surface area contributed by atoms with E-state index in [0.29, 0.717) is 0 Å². The van der Waals surface area contributed by atoms with Crippen molar-refractivity contribution in [1.29, 1.82) is 0 Å². The zero-order chi connectivity index (χ0) is 11.7. The summed E-state index contributed by atoms with van der Waals surface area (Å²) in [6.07, 6.45) is 2.40. The minimum atomic E-state index is 0.731. The molecule has 3 nitrogen and oxygen atoms in total. The van der Waals surface area contributed by atoms with Gasteiger partial charge in [0.05, 0.1) is 0 Å². The Morgan fingerprint density at radius 3 is 2.33 bits per heavy atom. The highest BCUT2D eigenvalue weighted by Crippen LogP contribution is 2.04. The van der Waals surface area contributed by atoms with Crippen molar-refractivity contribution in [1.82, 2.24) is 9.80 Å². The summed E-state index contributed by atoms with van der Waals surface area (Å²) < 4.78 is 0. The molecule has 0 amide bonds. The molecule has 0 aliphatic heterocycles. The summed E-state index contributed by atoms with van der Waals surface area (Å²) in [6.45, 7) is 10.1. The molecule has 1 atom stereocenters. The van der Waals surface area contributed by atoms with Crippen molar-refractivity contribution >= 4 is 0 Å². The van der Waals surface area contributed by atoms with Crippen LogP contribution in [0, 0.1) is 5.92 Å². The lowest BCUT2D eigenvalue weighted by Crippen LogP contribution is -2.31. The molecule has 0 spiro atoms. The van der Waals surface area contributed by atoms with Gasteiger partial charge in [-0.2, -0.15) is 0 Å². The molecule has 0 aromatic heterocycles. The fourth-order valence-electron chi connectivity index (χ4n) is 1.81. The van der Waals surface area contributed by atoms with Crippen LogP contribution in [0.5, 0.6) is 0 Å². The van der Waals surface area contributed by atoms with Gasteiger partial charge in [-0.25, -0.2) is 0 Å². The molecule has 2 N–H and O–H groups in total. The molecule has 0 aliphatic carbocycles. The molecule has 0 radical (unpaired) electrons. The number of rotatable bonds is 9. The molecule has 1 unspecified atom stereocenters. The Balaban J connectivity index is 3.62. The first-order valence-electron chi connectivity index (χ1n) is 6.17. The van der Waals surface area contributed by atoms with Crippen LogP contribution >= 0.6 is 0 Å². The van der Waals surface area contributed by atoms with Crippen molar-refractivity contribution in [3.05, 3.63) is 0 Å². The predicted molar refractivity (Wildman–Crippen MR) is 68.1 cm³/mol. The maximum atomic E-state index is 5.56. The number of nitrogens with zero attached hydrogens (tertiary/aromatic N) is 2. The second kappa shape index (κ2) is 9.13. The van der Waals surface area contributed by atoms with E-state index in [-0.39, 0.29) is 0 Å². The van der Waals surface area contributed by atoms with E-state index < -0.39 is 0 Å². The van der Waals surface area contributed by atoms with Crippen LogP contribution in [0.4, 0.5) is 0 Å². The van der Waals surface area contributed by atoms with Crippen LogP contribution < -0.4 is 5.73 Å². The topological polar surface area (TPSA) is 32.5 Å². The molecule has 3 heteroatoms. The smallest absolute Gasteiger partial charge is 0.000738 e. The van der Waals surface area contributed by atoms with E-state index in [1.165, 1.54) is 26.1 Å². The van der Waals surface area contributed by atoms with Crippen molar-refractivity contribution in [2.75, 3.05) is 46.8 Å². The quantitative estimate of drug-likeness (QED) is 0.628. The Morgan fingerprint density at radius 1 is 1.20 bits per heavy atom. The van der Waals surface area contributed by atoms with Gasteiger partial charge in [-0.15, -0.1) is 0 Å². The molecular weight excluding hydrogens is 186 g/mol. The Kier molecular flexibility index (Phi) is 9.06. The van der Waals surface area contributed by atoms with Crippen LogP contribution in [0.15, 0.2) is 0 Å². The second-order valence-corrected chi connectivity index (χ2v) is 4.73. The summed E-state index contributed by atoms with van der Waals surface area (Å²) in [5, 5.41) is 0. The SMILES string of the molecule is CCN(CCCN(C)C)CC(C)CCN. The van der Waals surface area contributed by atoms with E-state index in [1.54, 1.807) is 0 Å². The summed E-state index contributed by atoms with van der Waals surface area (Å²) in [7, 11) is 4.26. The van der Waals surface area contributed by atoms with E-state index in [1.807, 2.05) is 0 Å². The van der Waals surface area contributed by atoms with Crippen molar-refractivity contribution < 1.29 is 0 Å². The van der Waals surface area contributed by atoms with Gasteiger partial charge in [-0.1, -0.05) is 13.8 Å². The highest BCUT2D eigenvalue weighted by atomic mass is 15.1. The summed E-state index contributed by atoms with van der Waals surface area (Å²) in [5.41, 5.74) is 5.56. The van der Waals surface area contributed by atoms with Gasteiger partial charge in [-0.05, 0) is 59.0 Å². The Hall–Kier alpha value is -0.120. The van der Waals surface area contributed by atoms with Gasteiger partial charge in [0.2, 0.25) is 0 Å². The summed E-state index contributed by atoms with van der Waals surface area (Å²) in [4.78, 5) is 4.78. The largest absolute Gasteiger partial charge is 0.330 e.